The molecule has 7 heteroatoms. The molecular weight excluding hydrogens is 455 g/mol. The van der Waals surface area contributed by atoms with Crippen LogP contribution in [0.1, 0.15) is 28.4 Å². The van der Waals surface area contributed by atoms with Gasteiger partial charge in [-0.05, 0) is 48.6 Å². The number of halogens is 2. The summed E-state index contributed by atoms with van der Waals surface area (Å²) in [5, 5.41) is 5.15. The molecule has 0 aliphatic carbocycles. The Kier molecular flexibility index (Phi) is 6.98. The molecule has 0 aliphatic heterocycles. The van der Waals surface area contributed by atoms with Gasteiger partial charge in [0.25, 0.3) is 0 Å². The minimum absolute atomic E-state index is 0.0283. The first-order valence-corrected chi connectivity index (χ1v) is 11.2. The van der Waals surface area contributed by atoms with E-state index in [0.29, 0.717) is 22.5 Å². The first kappa shape index (κ1) is 23.5. The highest BCUT2D eigenvalue weighted by Crippen LogP contribution is 2.36. The summed E-state index contributed by atoms with van der Waals surface area (Å²) >= 11 is 6.46. The summed E-state index contributed by atoms with van der Waals surface area (Å²) in [4.78, 5) is 16.9. The number of ether oxygens (including phenoxy) is 2. The summed E-state index contributed by atoms with van der Waals surface area (Å²) in [6, 6.07) is 16.6. The van der Waals surface area contributed by atoms with Gasteiger partial charge < -0.3 is 14.8 Å². The molecule has 0 fully saturated rings. The molecule has 0 bridgehead atoms. The molecule has 0 saturated heterocycles. The van der Waals surface area contributed by atoms with Gasteiger partial charge in [-0.15, -0.1) is 0 Å². The number of carbonyl (C=O) groups excluding carboxylic acids is 1. The van der Waals surface area contributed by atoms with Gasteiger partial charge in [-0.25, -0.2) is 9.18 Å². The van der Waals surface area contributed by atoms with E-state index in [2.05, 4.69) is 10.3 Å². The molecule has 5 nitrogen and oxygen atoms in total. The van der Waals surface area contributed by atoms with Gasteiger partial charge >= 0.3 is 5.97 Å². The summed E-state index contributed by atoms with van der Waals surface area (Å²) in [5.74, 6) is -0.562. The monoisotopic (exact) mass is 478 g/mol. The SMILES string of the molecule is CCOC(=O)c1cnc(-c2cccc3cccc(Cl)c23)c(F)c1NCc1ccc(OC)cc1C. The summed E-state index contributed by atoms with van der Waals surface area (Å²) in [5.41, 5.74) is 2.60. The second-order valence-corrected chi connectivity index (χ2v) is 8.13. The Morgan fingerprint density at radius 2 is 1.91 bits per heavy atom. The number of methoxy groups -OCH3 is 1. The van der Waals surface area contributed by atoms with Crippen LogP contribution in [0.5, 0.6) is 5.75 Å². The molecule has 0 unspecified atom stereocenters. The highest BCUT2D eigenvalue weighted by Gasteiger charge is 2.23. The molecule has 0 saturated carbocycles. The molecule has 0 amide bonds. The third-order valence-electron chi connectivity index (χ3n) is 5.63. The van der Waals surface area contributed by atoms with Gasteiger partial charge in [-0.2, -0.15) is 0 Å². The van der Waals surface area contributed by atoms with Crippen LogP contribution in [0.4, 0.5) is 10.1 Å². The van der Waals surface area contributed by atoms with E-state index in [1.807, 2.05) is 49.4 Å². The standard InChI is InChI=1S/C27H24ClFN2O3/c1-4-34-27(32)21-15-31-25(20-9-5-7-17-8-6-10-22(28)23(17)20)24(29)26(21)30-14-18-11-12-19(33-3)13-16(18)2/h5-13,15H,4,14H2,1-3H3,(H,30,31). The van der Waals surface area contributed by atoms with Crippen molar-refractivity contribution < 1.29 is 18.7 Å². The zero-order valence-electron chi connectivity index (χ0n) is 19.1. The van der Waals surface area contributed by atoms with E-state index in [1.165, 1.54) is 6.20 Å². The van der Waals surface area contributed by atoms with Gasteiger partial charge in [0.1, 0.15) is 17.0 Å². The molecule has 0 aliphatic rings. The Morgan fingerprint density at radius 1 is 1.15 bits per heavy atom. The topological polar surface area (TPSA) is 60.5 Å². The highest BCUT2D eigenvalue weighted by atomic mass is 35.5. The Balaban J connectivity index is 1.81. The van der Waals surface area contributed by atoms with Gasteiger partial charge in [-0.1, -0.05) is 48.0 Å². The van der Waals surface area contributed by atoms with Gasteiger partial charge in [0, 0.05) is 28.7 Å². The van der Waals surface area contributed by atoms with Crippen LogP contribution in [-0.2, 0) is 11.3 Å². The molecule has 4 rings (SSSR count). The van der Waals surface area contributed by atoms with Gasteiger partial charge in [-0.3, -0.25) is 4.98 Å². The fraction of sp³-hybridized carbons (Fsp3) is 0.185. The molecule has 0 atom stereocenters. The van der Waals surface area contributed by atoms with Crippen molar-refractivity contribution in [3.05, 3.63) is 88.3 Å². The number of aromatic nitrogens is 1. The van der Waals surface area contributed by atoms with Crippen LogP contribution < -0.4 is 10.1 Å². The van der Waals surface area contributed by atoms with Crippen molar-refractivity contribution in [2.45, 2.75) is 20.4 Å². The van der Waals surface area contributed by atoms with E-state index < -0.39 is 11.8 Å². The second-order valence-electron chi connectivity index (χ2n) is 7.72. The number of benzene rings is 3. The van der Waals surface area contributed by atoms with Gasteiger partial charge in [0.2, 0.25) is 0 Å². The number of rotatable bonds is 7. The lowest BCUT2D eigenvalue weighted by Gasteiger charge is -2.17. The van der Waals surface area contributed by atoms with Crippen molar-refractivity contribution in [3.8, 4) is 17.0 Å². The number of carbonyl (C=O) groups is 1. The summed E-state index contributed by atoms with van der Waals surface area (Å²) < 4.78 is 26.4. The van der Waals surface area contributed by atoms with Crippen LogP contribution in [0, 0.1) is 12.7 Å². The average molecular weight is 479 g/mol. The zero-order chi connectivity index (χ0) is 24.2. The highest BCUT2D eigenvalue weighted by molar-refractivity contribution is 6.36. The smallest absolute Gasteiger partial charge is 0.341 e. The lowest BCUT2D eigenvalue weighted by Crippen LogP contribution is -2.13. The molecule has 0 radical (unpaired) electrons. The minimum atomic E-state index is -0.649. The molecule has 1 N–H and O–H groups in total. The lowest BCUT2D eigenvalue weighted by atomic mass is 10.00. The number of nitrogens with zero attached hydrogens (tertiary/aromatic N) is 1. The van der Waals surface area contributed by atoms with E-state index in [0.717, 1.165) is 22.3 Å². The Morgan fingerprint density at radius 3 is 2.62 bits per heavy atom. The summed E-state index contributed by atoms with van der Waals surface area (Å²) in [7, 11) is 1.60. The maximum absolute atomic E-state index is 16.0. The quantitative estimate of drug-likeness (QED) is 0.296. The molecule has 0 spiro atoms. The maximum Gasteiger partial charge on any atom is 0.341 e. The van der Waals surface area contributed by atoms with Crippen molar-refractivity contribution in [1.29, 1.82) is 0 Å². The Hall–Kier alpha value is -3.64. The molecule has 34 heavy (non-hydrogen) atoms. The fourth-order valence-corrected chi connectivity index (χ4v) is 4.16. The molecule has 4 aromatic rings. The van der Waals surface area contributed by atoms with E-state index in [4.69, 9.17) is 21.1 Å². The average Bonchev–Trinajstić information content (AvgIpc) is 2.83. The van der Waals surface area contributed by atoms with Crippen LogP contribution in [0.2, 0.25) is 5.02 Å². The first-order chi connectivity index (χ1) is 16.4. The Bertz CT molecular complexity index is 1370. The van der Waals surface area contributed by atoms with Crippen LogP contribution in [0.15, 0.2) is 60.8 Å². The first-order valence-electron chi connectivity index (χ1n) is 10.8. The summed E-state index contributed by atoms with van der Waals surface area (Å²) in [6.45, 7) is 4.09. The number of esters is 1. The molecule has 3 aromatic carbocycles. The van der Waals surface area contributed by atoms with Crippen LogP contribution >= 0.6 is 11.6 Å². The number of fused-ring (bicyclic) bond motifs is 1. The predicted octanol–water partition coefficient (Wildman–Crippen LogP) is 6.80. The number of pyridine rings is 1. The van der Waals surface area contributed by atoms with Gasteiger partial charge in [0.15, 0.2) is 5.82 Å². The van der Waals surface area contributed by atoms with E-state index in [1.54, 1.807) is 26.2 Å². The zero-order valence-corrected chi connectivity index (χ0v) is 19.9. The lowest BCUT2D eigenvalue weighted by molar-refractivity contribution is 0.0526. The minimum Gasteiger partial charge on any atom is -0.497 e. The molecule has 174 valence electrons. The van der Waals surface area contributed by atoms with Crippen molar-refractivity contribution in [1.82, 2.24) is 4.98 Å². The van der Waals surface area contributed by atoms with Crippen molar-refractivity contribution in [2.24, 2.45) is 0 Å². The molecule has 1 aromatic heterocycles. The predicted molar refractivity (Wildman–Crippen MR) is 133 cm³/mol. The van der Waals surface area contributed by atoms with Crippen LogP contribution in [-0.4, -0.2) is 24.7 Å². The van der Waals surface area contributed by atoms with E-state index >= 15 is 4.39 Å². The maximum atomic E-state index is 16.0. The third-order valence-corrected chi connectivity index (χ3v) is 5.94. The molecular formula is C27H24ClFN2O3. The fourth-order valence-electron chi connectivity index (χ4n) is 3.88. The normalized spacial score (nSPS) is 10.9. The number of hydrogen-bond acceptors (Lipinski definition) is 5. The summed E-state index contributed by atoms with van der Waals surface area (Å²) in [6.07, 6.45) is 1.34. The number of hydrogen-bond donors (Lipinski definition) is 1. The largest absolute Gasteiger partial charge is 0.497 e. The van der Waals surface area contributed by atoms with E-state index in [9.17, 15) is 4.79 Å². The number of nitrogens with one attached hydrogen (secondary N) is 1. The van der Waals surface area contributed by atoms with Crippen LogP contribution in [0.25, 0.3) is 22.0 Å². The van der Waals surface area contributed by atoms with Crippen molar-refractivity contribution in [3.63, 3.8) is 0 Å². The van der Waals surface area contributed by atoms with Crippen molar-refractivity contribution >= 4 is 34.0 Å². The molecule has 1 heterocycles. The van der Waals surface area contributed by atoms with E-state index in [-0.39, 0.29) is 23.6 Å². The number of anilines is 1. The Labute approximate surface area is 202 Å². The van der Waals surface area contributed by atoms with Gasteiger partial charge in [0.05, 0.1) is 19.4 Å². The number of aryl methyl sites for hydroxylation is 1. The van der Waals surface area contributed by atoms with Crippen molar-refractivity contribution in [2.75, 3.05) is 19.0 Å². The van der Waals surface area contributed by atoms with Crippen LogP contribution in [0.3, 0.4) is 0 Å². The second kappa shape index (κ2) is 10.1. The third kappa shape index (κ3) is 4.54.